The normalized spacial score (nSPS) is 14.5. The van der Waals surface area contributed by atoms with E-state index in [4.69, 9.17) is 0 Å². The van der Waals surface area contributed by atoms with Crippen molar-refractivity contribution in [3.05, 3.63) is 64.2 Å². The maximum Gasteiger partial charge on any atom is 0.270 e. The fourth-order valence-electron chi connectivity index (χ4n) is 3.51. The second kappa shape index (κ2) is 11.1. The van der Waals surface area contributed by atoms with Gasteiger partial charge in [0.05, 0.1) is 21.2 Å². The third kappa shape index (κ3) is 6.39. The molecule has 0 aromatic heterocycles. The van der Waals surface area contributed by atoms with Crippen LogP contribution in [0.1, 0.15) is 38.2 Å². The zero-order chi connectivity index (χ0) is 23.8. The van der Waals surface area contributed by atoms with Crippen molar-refractivity contribution < 1.29 is 18.1 Å². The molecule has 0 spiro atoms. The van der Waals surface area contributed by atoms with Crippen molar-refractivity contribution in [2.24, 2.45) is 0 Å². The number of benzene rings is 2. The Balaban J connectivity index is 1.83. The van der Waals surface area contributed by atoms with E-state index in [1.54, 1.807) is 18.2 Å². The fraction of sp³-hybridized carbons (Fsp3) is 0.348. The van der Waals surface area contributed by atoms with E-state index in [2.05, 4.69) is 17.6 Å². The molecule has 33 heavy (non-hydrogen) atoms. The molecule has 1 heterocycles. The van der Waals surface area contributed by atoms with Crippen LogP contribution in [0, 0.1) is 10.1 Å². The van der Waals surface area contributed by atoms with Crippen molar-refractivity contribution in [2.75, 3.05) is 30.3 Å². The minimum absolute atomic E-state index is 0.0696. The van der Waals surface area contributed by atoms with Gasteiger partial charge in [-0.05, 0) is 49.1 Å². The van der Waals surface area contributed by atoms with Gasteiger partial charge in [0, 0.05) is 37.8 Å². The smallest absolute Gasteiger partial charge is 0.270 e. The summed E-state index contributed by atoms with van der Waals surface area (Å²) in [6.45, 7) is 3.73. The Morgan fingerprint density at radius 2 is 1.91 bits per heavy atom. The Kier molecular flexibility index (Phi) is 8.18. The Morgan fingerprint density at radius 3 is 2.61 bits per heavy atom. The predicted molar refractivity (Wildman–Crippen MR) is 129 cm³/mol. The van der Waals surface area contributed by atoms with Gasteiger partial charge in [-0.2, -0.15) is 4.31 Å². The third-order valence-electron chi connectivity index (χ3n) is 5.31. The summed E-state index contributed by atoms with van der Waals surface area (Å²) in [4.78, 5) is 23.1. The number of nitro groups is 1. The summed E-state index contributed by atoms with van der Waals surface area (Å²) in [5.74, 6) is -0.476. The first-order valence-electron chi connectivity index (χ1n) is 10.9. The second-order valence-corrected chi connectivity index (χ2v) is 9.71. The Hall–Kier alpha value is -3.24. The van der Waals surface area contributed by atoms with Crippen LogP contribution in [0.4, 0.5) is 17.1 Å². The predicted octanol–water partition coefficient (Wildman–Crippen LogP) is 4.24. The van der Waals surface area contributed by atoms with E-state index < -0.39 is 20.9 Å². The molecular weight excluding hydrogens is 444 g/mol. The summed E-state index contributed by atoms with van der Waals surface area (Å²) >= 11 is 0. The van der Waals surface area contributed by atoms with Gasteiger partial charge in [0.2, 0.25) is 15.9 Å². The summed E-state index contributed by atoms with van der Waals surface area (Å²) in [5, 5.41) is 16.9. The lowest BCUT2D eigenvalue weighted by atomic mass is 10.2. The Labute approximate surface area is 193 Å². The minimum Gasteiger partial charge on any atom is -0.383 e. The number of carbonyl (C=O) groups excluding carboxylic acids is 1. The summed E-state index contributed by atoms with van der Waals surface area (Å²) in [6.07, 6.45) is 6.31. The summed E-state index contributed by atoms with van der Waals surface area (Å²) in [6, 6.07) is 10.6. The highest BCUT2D eigenvalue weighted by Crippen LogP contribution is 2.29. The van der Waals surface area contributed by atoms with Crippen LogP contribution in [0.5, 0.6) is 0 Å². The number of hydrogen-bond donors (Lipinski definition) is 2. The van der Waals surface area contributed by atoms with Gasteiger partial charge >= 0.3 is 0 Å². The zero-order valence-electron chi connectivity index (χ0n) is 18.5. The number of hydrogen-bond acceptors (Lipinski definition) is 6. The molecule has 1 fully saturated rings. The van der Waals surface area contributed by atoms with Crippen LogP contribution >= 0.6 is 0 Å². The van der Waals surface area contributed by atoms with E-state index in [1.807, 2.05) is 0 Å². The lowest BCUT2D eigenvalue weighted by Crippen LogP contribution is -2.28. The molecule has 0 unspecified atom stereocenters. The standard InChI is InChI=1S/C23H28N4O5S/c1-2-3-13-24-21-11-10-20(33(31,32)26-14-4-5-15-26)17-22(21)25-23(28)12-9-18-7-6-8-19(16-18)27(29)30/h6-12,16-17,24H,2-5,13-15H2,1H3,(H,25,28)/b12-9+. The molecule has 176 valence electrons. The van der Waals surface area contributed by atoms with Crippen molar-refractivity contribution in [3.63, 3.8) is 0 Å². The van der Waals surface area contributed by atoms with E-state index in [-0.39, 0.29) is 10.6 Å². The van der Waals surface area contributed by atoms with Crippen molar-refractivity contribution >= 4 is 39.1 Å². The lowest BCUT2D eigenvalue weighted by Gasteiger charge is -2.18. The Bertz CT molecular complexity index is 1140. The molecule has 0 saturated carbocycles. The molecule has 1 saturated heterocycles. The number of nitrogens with zero attached hydrogens (tertiary/aromatic N) is 2. The quantitative estimate of drug-likeness (QED) is 0.231. The van der Waals surface area contributed by atoms with E-state index in [0.717, 1.165) is 25.7 Å². The van der Waals surface area contributed by atoms with Gasteiger partial charge in [0.25, 0.3) is 5.69 Å². The number of anilines is 2. The molecule has 2 aromatic rings. The highest BCUT2D eigenvalue weighted by Gasteiger charge is 2.27. The molecular formula is C23H28N4O5S. The number of unbranched alkanes of at least 4 members (excludes halogenated alkanes) is 1. The lowest BCUT2D eigenvalue weighted by molar-refractivity contribution is -0.384. The maximum absolute atomic E-state index is 13.0. The van der Waals surface area contributed by atoms with E-state index >= 15 is 0 Å². The average molecular weight is 473 g/mol. The van der Waals surface area contributed by atoms with Crippen LogP contribution in [0.15, 0.2) is 53.4 Å². The van der Waals surface area contributed by atoms with Crippen LogP contribution < -0.4 is 10.6 Å². The van der Waals surface area contributed by atoms with Gasteiger partial charge in [-0.1, -0.05) is 25.5 Å². The largest absolute Gasteiger partial charge is 0.383 e. The number of non-ortho nitro benzene ring substituents is 1. The second-order valence-electron chi connectivity index (χ2n) is 7.77. The van der Waals surface area contributed by atoms with Crippen molar-refractivity contribution in [2.45, 2.75) is 37.5 Å². The maximum atomic E-state index is 13.0. The first-order chi connectivity index (χ1) is 15.8. The van der Waals surface area contributed by atoms with Crippen molar-refractivity contribution in [3.8, 4) is 0 Å². The van der Waals surface area contributed by atoms with Crippen LogP contribution in [0.2, 0.25) is 0 Å². The SMILES string of the molecule is CCCCNc1ccc(S(=O)(=O)N2CCCC2)cc1NC(=O)/C=C/c1cccc([N+](=O)[O-])c1. The molecule has 2 N–H and O–H groups in total. The van der Waals surface area contributed by atoms with E-state index in [9.17, 15) is 23.3 Å². The molecule has 3 rings (SSSR count). The summed E-state index contributed by atoms with van der Waals surface area (Å²) in [5.41, 5.74) is 1.42. The van der Waals surface area contributed by atoms with E-state index in [1.165, 1.54) is 40.7 Å². The molecule has 0 bridgehead atoms. The summed E-state index contributed by atoms with van der Waals surface area (Å²) < 4.78 is 27.4. The molecule has 0 atom stereocenters. The monoisotopic (exact) mass is 472 g/mol. The first kappa shape index (κ1) is 24.4. The first-order valence-corrected chi connectivity index (χ1v) is 12.4. The van der Waals surface area contributed by atoms with Crippen LogP contribution in [0.3, 0.4) is 0 Å². The van der Waals surface area contributed by atoms with Gasteiger partial charge in [-0.15, -0.1) is 0 Å². The van der Waals surface area contributed by atoms with Crippen LogP contribution in [-0.4, -0.2) is 43.2 Å². The number of carbonyl (C=O) groups is 1. The number of nitro benzene ring substituents is 1. The van der Waals surface area contributed by atoms with Crippen LogP contribution in [-0.2, 0) is 14.8 Å². The number of nitrogens with one attached hydrogen (secondary N) is 2. The summed E-state index contributed by atoms with van der Waals surface area (Å²) in [7, 11) is -3.63. The zero-order valence-corrected chi connectivity index (χ0v) is 19.3. The highest BCUT2D eigenvalue weighted by molar-refractivity contribution is 7.89. The molecule has 1 aliphatic rings. The number of amides is 1. The van der Waals surface area contributed by atoms with Crippen molar-refractivity contribution in [1.82, 2.24) is 4.31 Å². The van der Waals surface area contributed by atoms with Gasteiger partial charge in [0.15, 0.2) is 0 Å². The molecule has 0 radical (unpaired) electrons. The Morgan fingerprint density at radius 1 is 1.15 bits per heavy atom. The fourth-order valence-corrected chi connectivity index (χ4v) is 5.05. The van der Waals surface area contributed by atoms with Gasteiger partial charge in [0.1, 0.15) is 0 Å². The van der Waals surface area contributed by atoms with E-state index in [0.29, 0.717) is 36.6 Å². The van der Waals surface area contributed by atoms with Gasteiger partial charge in [-0.3, -0.25) is 14.9 Å². The van der Waals surface area contributed by atoms with Crippen LogP contribution in [0.25, 0.3) is 6.08 Å². The number of rotatable bonds is 10. The molecule has 1 aliphatic heterocycles. The minimum atomic E-state index is -3.63. The average Bonchev–Trinajstić information content (AvgIpc) is 3.35. The molecule has 9 nitrogen and oxygen atoms in total. The third-order valence-corrected chi connectivity index (χ3v) is 7.20. The molecule has 10 heteroatoms. The van der Waals surface area contributed by atoms with Gasteiger partial charge < -0.3 is 10.6 Å². The molecule has 2 aromatic carbocycles. The molecule has 1 amide bonds. The number of sulfonamides is 1. The highest BCUT2D eigenvalue weighted by atomic mass is 32.2. The van der Waals surface area contributed by atoms with Gasteiger partial charge in [-0.25, -0.2) is 8.42 Å². The topological polar surface area (TPSA) is 122 Å². The van der Waals surface area contributed by atoms with Crippen molar-refractivity contribution in [1.29, 1.82) is 0 Å². The molecule has 0 aliphatic carbocycles.